The molecule has 0 aliphatic heterocycles. The lowest BCUT2D eigenvalue weighted by molar-refractivity contribution is -0.145. The molecule has 0 bridgehead atoms. The van der Waals surface area contributed by atoms with Crippen LogP contribution in [0.1, 0.15) is 23.4 Å². The number of aromatic nitrogens is 2. The van der Waals surface area contributed by atoms with Crippen LogP contribution in [0.3, 0.4) is 0 Å². The highest BCUT2D eigenvalue weighted by atomic mass is 19.1. The molecule has 0 amide bonds. The van der Waals surface area contributed by atoms with Crippen LogP contribution in [-0.2, 0) is 22.6 Å². The SMILES string of the molecule is Cc1ccc(-c2nnc(CCC(=O)OCc3ccccc3F)o2)cc1. The molecule has 0 fully saturated rings. The Morgan fingerprint density at radius 1 is 1.12 bits per heavy atom. The fourth-order valence-corrected chi connectivity index (χ4v) is 2.22. The maximum atomic E-state index is 13.5. The Kier molecular flexibility index (Phi) is 5.18. The first kappa shape index (κ1) is 16.8. The molecule has 0 aliphatic rings. The molecule has 0 spiro atoms. The Balaban J connectivity index is 1.51. The average molecular weight is 340 g/mol. The molecule has 0 unspecified atom stereocenters. The molecule has 0 saturated carbocycles. The summed E-state index contributed by atoms with van der Waals surface area (Å²) in [5.41, 5.74) is 2.31. The van der Waals surface area contributed by atoms with Gasteiger partial charge in [0.05, 0.1) is 6.42 Å². The van der Waals surface area contributed by atoms with Gasteiger partial charge in [-0.3, -0.25) is 4.79 Å². The van der Waals surface area contributed by atoms with Gasteiger partial charge in [-0.05, 0) is 25.1 Å². The molecule has 0 aliphatic carbocycles. The lowest BCUT2D eigenvalue weighted by atomic mass is 10.1. The molecule has 1 heterocycles. The van der Waals surface area contributed by atoms with Gasteiger partial charge < -0.3 is 9.15 Å². The monoisotopic (exact) mass is 340 g/mol. The van der Waals surface area contributed by atoms with Crippen LogP contribution in [0.5, 0.6) is 0 Å². The molecule has 3 aromatic rings. The van der Waals surface area contributed by atoms with Crippen molar-refractivity contribution in [2.45, 2.75) is 26.4 Å². The molecular weight excluding hydrogens is 323 g/mol. The van der Waals surface area contributed by atoms with Gasteiger partial charge in [-0.2, -0.15) is 0 Å². The second kappa shape index (κ2) is 7.70. The number of carbonyl (C=O) groups excluding carboxylic acids is 1. The van der Waals surface area contributed by atoms with Crippen molar-refractivity contribution in [2.75, 3.05) is 0 Å². The maximum Gasteiger partial charge on any atom is 0.306 e. The van der Waals surface area contributed by atoms with Crippen LogP contribution >= 0.6 is 0 Å². The van der Waals surface area contributed by atoms with E-state index in [0.29, 0.717) is 17.3 Å². The predicted octanol–water partition coefficient (Wildman–Crippen LogP) is 3.86. The molecule has 0 radical (unpaired) electrons. The molecule has 0 N–H and O–H groups in total. The number of esters is 1. The second-order valence-corrected chi connectivity index (χ2v) is 5.62. The van der Waals surface area contributed by atoms with Crippen LogP contribution < -0.4 is 0 Å². The number of nitrogens with zero attached hydrogens (tertiary/aromatic N) is 2. The van der Waals surface area contributed by atoms with E-state index >= 15 is 0 Å². The molecule has 0 atom stereocenters. The predicted molar refractivity (Wildman–Crippen MR) is 89.0 cm³/mol. The summed E-state index contributed by atoms with van der Waals surface area (Å²) in [7, 11) is 0. The van der Waals surface area contributed by atoms with E-state index < -0.39 is 11.8 Å². The van der Waals surface area contributed by atoms with Crippen molar-refractivity contribution in [1.29, 1.82) is 0 Å². The molecule has 2 aromatic carbocycles. The Morgan fingerprint density at radius 2 is 1.88 bits per heavy atom. The summed E-state index contributed by atoms with van der Waals surface area (Å²) in [5, 5.41) is 7.92. The van der Waals surface area contributed by atoms with Gasteiger partial charge in [0.25, 0.3) is 0 Å². The van der Waals surface area contributed by atoms with Gasteiger partial charge >= 0.3 is 5.97 Å². The number of rotatable bonds is 6. The van der Waals surface area contributed by atoms with Gasteiger partial charge in [-0.25, -0.2) is 4.39 Å². The summed E-state index contributed by atoms with van der Waals surface area (Å²) in [4.78, 5) is 11.8. The number of carbonyl (C=O) groups is 1. The zero-order chi connectivity index (χ0) is 17.6. The quantitative estimate of drug-likeness (QED) is 0.638. The van der Waals surface area contributed by atoms with E-state index in [2.05, 4.69) is 10.2 Å². The first-order chi connectivity index (χ1) is 12.1. The van der Waals surface area contributed by atoms with Crippen molar-refractivity contribution in [3.05, 3.63) is 71.4 Å². The molecule has 6 heteroatoms. The first-order valence-corrected chi connectivity index (χ1v) is 7.90. The van der Waals surface area contributed by atoms with Crippen molar-refractivity contribution in [3.63, 3.8) is 0 Å². The second-order valence-electron chi connectivity index (χ2n) is 5.62. The van der Waals surface area contributed by atoms with Gasteiger partial charge in [0.1, 0.15) is 12.4 Å². The highest BCUT2D eigenvalue weighted by Gasteiger charge is 2.12. The van der Waals surface area contributed by atoms with E-state index in [-0.39, 0.29) is 19.4 Å². The van der Waals surface area contributed by atoms with Crippen LogP contribution in [0, 0.1) is 12.7 Å². The highest BCUT2D eigenvalue weighted by molar-refractivity contribution is 5.69. The fourth-order valence-electron chi connectivity index (χ4n) is 2.22. The van der Waals surface area contributed by atoms with E-state index in [1.54, 1.807) is 18.2 Å². The number of aryl methyl sites for hydroxylation is 2. The smallest absolute Gasteiger partial charge is 0.306 e. The van der Waals surface area contributed by atoms with E-state index in [0.717, 1.165) is 11.1 Å². The molecule has 25 heavy (non-hydrogen) atoms. The van der Waals surface area contributed by atoms with Crippen LogP contribution in [0.25, 0.3) is 11.5 Å². The summed E-state index contributed by atoms with van der Waals surface area (Å²) < 4.78 is 24.1. The number of hydrogen-bond donors (Lipinski definition) is 0. The topological polar surface area (TPSA) is 65.2 Å². The van der Waals surface area contributed by atoms with Gasteiger partial charge in [-0.15, -0.1) is 10.2 Å². The molecule has 1 aromatic heterocycles. The molecular formula is C19H17FN2O3. The maximum absolute atomic E-state index is 13.5. The Hall–Kier alpha value is -3.02. The standard InChI is InChI=1S/C19H17FN2O3/c1-13-6-8-14(9-7-13)19-22-21-17(25-19)10-11-18(23)24-12-15-4-2-3-5-16(15)20/h2-9H,10-12H2,1H3. The Morgan fingerprint density at radius 3 is 2.64 bits per heavy atom. The first-order valence-electron chi connectivity index (χ1n) is 7.90. The van der Waals surface area contributed by atoms with Gasteiger partial charge in [0.2, 0.25) is 11.8 Å². The zero-order valence-electron chi connectivity index (χ0n) is 13.7. The Bertz CT molecular complexity index is 859. The minimum Gasteiger partial charge on any atom is -0.461 e. The van der Waals surface area contributed by atoms with Gasteiger partial charge in [-0.1, -0.05) is 35.9 Å². The lowest BCUT2D eigenvalue weighted by Gasteiger charge is -2.04. The minimum atomic E-state index is -0.446. The van der Waals surface area contributed by atoms with Crippen molar-refractivity contribution < 1.29 is 18.3 Å². The minimum absolute atomic E-state index is 0.0873. The van der Waals surface area contributed by atoms with Crippen molar-refractivity contribution in [1.82, 2.24) is 10.2 Å². The summed E-state index contributed by atoms with van der Waals surface area (Å²) in [5.74, 6) is -0.0681. The van der Waals surface area contributed by atoms with E-state index in [1.165, 1.54) is 6.07 Å². The van der Waals surface area contributed by atoms with Crippen molar-refractivity contribution >= 4 is 5.97 Å². The van der Waals surface area contributed by atoms with Crippen molar-refractivity contribution in [2.24, 2.45) is 0 Å². The third kappa shape index (κ3) is 4.50. The number of ether oxygens (including phenoxy) is 1. The average Bonchev–Trinajstić information content (AvgIpc) is 3.09. The number of halogens is 1. The van der Waals surface area contributed by atoms with E-state index in [9.17, 15) is 9.18 Å². The van der Waals surface area contributed by atoms with Crippen molar-refractivity contribution in [3.8, 4) is 11.5 Å². The van der Waals surface area contributed by atoms with Gasteiger partial charge in [0, 0.05) is 17.5 Å². The molecule has 0 saturated heterocycles. The summed E-state index contributed by atoms with van der Waals surface area (Å²) in [6, 6.07) is 13.9. The van der Waals surface area contributed by atoms with Crippen LogP contribution in [0.15, 0.2) is 52.9 Å². The molecule has 5 nitrogen and oxygen atoms in total. The van der Waals surface area contributed by atoms with Crippen LogP contribution in [-0.4, -0.2) is 16.2 Å². The third-order valence-electron chi connectivity index (χ3n) is 3.65. The molecule has 3 rings (SSSR count). The zero-order valence-corrected chi connectivity index (χ0v) is 13.7. The van der Waals surface area contributed by atoms with Crippen LogP contribution in [0.4, 0.5) is 4.39 Å². The lowest BCUT2D eigenvalue weighted by Crippen LogP contribution is -2.07. The summed E-state index contributed by atoms with van der Waals surface area (Å²) in [6.45, 7) is 1.90. The largest absolute Gasteiger partial charge is 0.461 e. The normalized spacial score (nSPS) is 10.6. The highest BCUT2D eigenvalue weighted by Crippen LogP contribution is 2.19. The Labute approximate surface area is 144 Å². The summed E-state index contributed by atoms with van der Waals surface area (Å²) >= 11 is 0. The summed E-state index contributed by atoms with van der Waals surface area (Å²) in [6.07, 6.45) is 0.360. The molecule has 128 valence electrons. The number of benzene rings is 2. The van der Waals surface area contributed by atoms with E-state index in [4.69, 9.17) is 9.15 Å². The van der Waals surface area contributed by atoms with Crippen LogP contribution in [0.2, 0.25) is 0 Å². The van der Waals surface area contributed by atoms with Gasteiger partial charge in [0.15, 0.2) is 0 Å². The fraction of sp³-hybridized carbons (Fsp3) is 0.211. The third-order valence-corrected chi connectivity index (χ3v) is 3.65. The van der Waals surface area contributed by atoms with E-state index in [1.807, 2.05) is 31.2 Å². The number of hydrogen-bond acceptors (Lipinski definition) is 5.